The highest BCUT2D eigenvalue weighted by Crippen LogP contribution is 2.34. The van der Waals surface area contributed by atoms with Crippen LogP contribution < -0.4 is 4.90 Å². The van der Waals surface area contributed by atoms with Crippen molar-refractivity contribution in [1.29, 1.82) is 0 Å². The summed E-state index contributed by atoms with van der Waals surface area (Å²) >= 11 is 1.89. The highest BCUT2D eigenvalue weighted by Gasteiger charge is 2.21. The minimum absolute atomic E-state index is 0.723. The summed E-state index contributed by atoms with van der Waals surface area (Å²) in [6.45, 7) is 5.36. The Kier molecular flexibility index (Phi) is 5.77. The van der Waals surface area contributed by atoms with E-state index in [-0.39, 0.29) is 0 Å². The van der Waals surface area contributed by atoms with Crippen LogP contribution in [0.5, 0.6) is 0 Å². The second-order valence-corrected chi connectivity index (χ2v) is 9.37. The zero-order valence-electron chi connectivity index (χ0n) is 17.1. The van der Waals surface area contributed by atoms with Gasteiger partial charge in [0.2, 0.25) is 0 Å². The van der Waals surface area contributed by atoms with Gasteiger partial charge in [-0.1, -0.05) is 37.5 Å². The molecule has 2 aromatic heterocycles. The van der Waals surface area contributed by atoms with E-state index in [1.54, 1.807) is 0 Å². The van der Waals surface area contributed by atoms with Gasteiger partial charge >= 0.3 is 0 Å². The maximum Gasteiger partial charge on any atom is 0.0959 e. The molecule has 5 rings (SSSR count). The fourth-order valence-electron chi connectivity index (χ4n) is 4.87. The minimum Gasteiger partial charge on any atom is -0.368 e. The first kappa shape index (κ1) is 19.0. The monoisotopic (exact) mass is 406 g/mol. The van der Waals surface area contributed by atoms with E-state index in [0.29, 0.717) is 0 Å². The molecule has 2 fully saturated rings. The van der Waals surface area contributed by atoms with Crippen molar-refractivity contribution in [3.63, 3.8) is 0 Å². The summed E-state index contributed by atoms with van der Waals surface area (Å²) in [5, 5.41) is 4.92. The molecule has 1 aliphatic heterocycles. The lowest BCUT2D eigenvalue weighted by Crippen LogP contribution is -2.30. The normalized spacial score (nSPS) is 19.5. The van der Waals surface area contributed by atoms with Crippen LogP contribution >= 0.6 is 11.3 Å². The number of pyridine rings is 1. The summed E-state index contributed by atoms with van der Waals surface area (Å²) in [6, 6.07) is 10.7. The van der Waals surface area contributed by atoms with Crippen molar-refractivity contribution in [2.24, 2.45) is 0 Å². The first-order valence-corrected chi connectivity index (χ1v) is 12.0. The molecule has 4 nitrogen and oxygen atoms in total. The number of rotatable bonds is 4. The Morgan fingerprint density at radius 2 is 1.83 bits per heavy atom. The zero-order valence-corrected chi connectivity index (χ0v) is 17.9. The summed E-state index contributed by atoms with van der Waals surface area (Å²) in [7, 11) is 0. The van der Waals surface area contributed by atoms with Gasteiger partial charge < -0.3 is 4.90 Å². The number of aromatic nitrogens is 2. The topological polar surface area (TPSA) is 32.3 Å². The van der Waals surface area contributed by atoms with Gasteiger partial charge in [0.05, 0.1) is 21.9 Å². The van der Waals surface area contributed by atoms with E-state index in [4.69, 9.17) is 4.98 Å². The van der Waals surface area contributed by atoms with Crippen molar-refractivity contribution in [3.05, 3.63) is 52.6 Å². The Morgan fingerprint density at radius 3 is 2.76 bits per heavy atom. The van der Waals surface area contributed by atoms with Crippen molar-refractivity contribution >= 4 is 27.9 Å². The molecule has 0 N–H and O–H groups in total. The number of hydrogen-bond acceptors (Lipinski definition) is 5. The van der Waals surface area contributed by atoms with E-state index in [2.05, 4.69) is 44.4 Å². The highest BCUT2D eigenvalue weighted by atomic mass is 32.1. The average molecular weight is 407 g/mol. The third-order valence-corrected chi connectivity index (χ3v) is 7.51. The summed E-state index contributed by atoms with van der Waals surface area (Å²) < 4.78 is 0. The molecule has 1 saturated carbocycles. The minimum atomic E-state index is 0.723. The molecule has 2 aliphatic rings. The van der Waals surface area contributed by atoms with Gasteiger partial charge in [0, 0.05) is 55.6 Å². The van der Waals surface area contributed by atoms with Crippen molar-refractivity contribution in [1.82, 2.24) is 14.9 Å². The van der Waals surface area contributed by atoms with Crippen LogP contribution in [-0.2, 0) is 6.54 Å². The molecule has 5 heteroatoms. The summed E-state index contributed by atoms with van der Waals surface area (Å²) in [4.78, 5) is 14.8. The van der Waals surface area contributed by atoms with Gasteiger partial charge in [0.15, 0.2) is 0 Å². The van der Waals surface area contributed by atoms with Crippen molar-refractivity contribution < 1.29 is 0 Å². The van der Waals surface area contributed by atoms with E-state index in [1.807, 2.05) is 23.6 Å². The first-order chi connectivity index (χ1) is 14.4. The maximum absolute atomic E-state index is 5.03. The molecule has 0 atom stereocenters. The molecule has 152 valence electrons. The van der Waals surface area contributed by atoms with Crippen LogP contribution in [-0.4, -0.2) is 41.0 Å². The van der Waals surface area contributed by atoms with E-state index in [0.717, 1.165) is 44.2 Å². The number of benzene rings is 1. The van der Waals surface area contributed by atoms with Crippen LogP contribution in [0.15, 0.2) is 41.9 Å². The van der Waals surface area contributed by atoms with Crippen molar-refractivity contribution in [2.45, 2.75) is 51.0 Å². The molecule has 0 spiro atoms. The molecular formula is C24H30N4S. The third-order valence-electron chi connectivity index (χ3n) is 6.45. The SMILES string of the molecule is c1cnc2c(N3CCCN(Cc4csc(C5CCCCC5)n4)CC3)cccc2c1. The van der Waals surface area contributed by atoms with E-state index in [1.165, 1.54) is 60.3 Å². The molecule has 1 aromatic carbocycles. The molecular weight excluding hydrogens is 376 g/mol. The molecule has 1 saturated heterocycles. The van der Waals surface area contributed by atoms with Crippen LogP contribution in [0.4, 0.5) is 5.69 Å². The number of para-hydroxylation sites is 1. The summed E-state index contributed by atoms with van der Waals surface area (Å²) in [6.07, 6.45) is 9.93. The van der Waals surface area contributed by atoms with Crippen LogP contribution in [0.25, 0.3) is 10.9 Å². The molecule has 0 unspecified atom stereocenters. The van der Waals surface area contributed by atoms with Crippen molar-refractivity contribution in [3.8, 4) is 0 Å². The molecule has 0 radical (unpaired) electrons. The fourth-order valence-corrected chi connectivity index (χ4v) is 5.86. The molecule has 29 heavy (non-hydrogen) atoms. The van der Waals surface area contributed by atoms with Crippen molar-refractivity contribution in [2.75, 3.05) is 31.1 Å². The Hall–Kier alpha value is -1.98. The van der Waals surface area contributed by atoms with Gasteiger partial charge in [0.25, 0.3) is 0 Å². The number of hydrogen-bond donors (Lipinski definition) is 0. The quantitative estimate of drug-likeness (QED) is 0.577. The fraction of sp³-hybridized carbons (Fsp3) is 0.500. The lowest BCUT2D eigenvalue weighted by atomic mass is 9.90. The first-order valence-electron chi connectivity index (χ1n) is 11.1. The average Bonchev–Trinajstić information content (AvgIpc) is 3.12. The third kappa shape index (κ3) is 4.31. The zero-order chi connectivity index (χ0) is 19.5. The Bertz CT molecular complexity index is 941. The molecule has 1 aliphatic carbocycles. The molecule has 3 aromatic rings. The smallest absolute Gasteiger partial charge is 0.0959 e. The standard InChI is InChI=1S/C24H30N4S/c1-2-7-20(8-3-1)24-26-21(18-29-24)17-27-13-6-14-28(16-15-27)22-11-4-9-19-10-5-12-25-23(19)22/h4-5,9-12,18,20H,1-3,6-8,13-17H2. The number of thiazole rings is 1. The Labute approximate surface area is 177 Å². The van der Waals surface area contributed by atoms with E-state index >= 15 is 0 Å². The van der Waals surface area contributed by atoms with Gasteiger partial charge in [0.1, 0.15) is 0 Å². The van der Waals surface area contributed by atoms with Crippen LogP contribution in [0, 0.1) is 0 Å². The van der Waals surface area contributed by atoms with E-state index < -0.39 is 0 Å². The number of fused-ring (bicyclic) bond motifs is 1. The van der Waals surface area contributed by atoms with Gasteiger partial charge in [-0.2, -0.15) is 0 Å². The van der Waals surface area contributed by atoms with E-state index in [9.17, 15) is 0 Å². The van der Waals surface area contributed by atoms with Gasteiger partial charge in [-0.15, -0.1) is 11.3 Å². The van der Waals surface area contributed by atoms with Gasteiger partial charge in [-0.25, -0.2) is 4.98 Å². The predicted octanol–water partition coefficient (Wildman–Crippen LogP) is 5.45. The molecule has 3 heterocycles. The maximum atomic E-state index is 5.03. The highest BCUT2D eigenvalue weighted by molar-refractivity contribution is 7.09. The number of nitrogens with zero attached hydrogens (tertiary/aromatic N) is 4. The Balaban J connectivity index is 1.24. The van der Waals surface area contributed by atoms with Crippen LogP contribution in [0.2, 0.25) is 0 Å². The predicted molar refractivity (Wildman–Crippen MR) is 122 cm³/mol. The van der Waals surface area contributed by atoms with Gasteiger partial charge in [-0.05, 0) is 31.4 Å². The second kappa shape index (κ2) is 8.80. The summed E-state index contributed by atoms with van der Waals surface area (Å²) in [5.74, 6) is 0.723. The number of anilines is 1. The lowest BCUT2D eigenvalue weighted by Gasteiger charge is -2.24. The molecule has 0 bridgehead atoms. The Morgan fingerprint density at radius 1 is 0.931 bits per heavy atom. The lowest BCUT2D eigenvalue weighted by molar-refractivity contribution is 0.282. The summed E-state index contributed by atoms with van der Waals surface area (Å²) in [5.41, 5.74) is 3.68. The largest absolute Gasteiger partial charge is 0.368 e. The molecule has 0 amide bonds. The van der Waals surface area contributed by atoms with Gasteiger partial charge in [-0.3, -0.25) is 9.88 Å². The van der Waals surface area contributed by atoms with Crippen LogP contribution in [0.3, 0.4) is 0 Å². The van der Waals surface area contributed by atoms with Crippen LogP contribution in [0.1, 0.15) is 55.1 Å². The second-order valence-electron chi connectivity index (χ2n) is 8.48.